The number of benzene rings is 1. The van der Waals surface area contributed by atoms with Gasteiger partial charge in [-0.25, -0.2) is 0 Å². The van der Waals surface area contributed by atoms with Crippen molar-refractivity contribution in [1.29, 1.82) is 0 Å². The summed E-state index contributed by atoms with van der Waals surface area (Å²) in [6.45, 7) is 10.7. The van der Waals surface area contributed by atoms with Gasteiger partial charge in [0.15, 0.2) is 0 Å². The Bertz CT molecular complexity index is 391. The van der Waals surface area contributed by atoms with Crippen LogP contribution in [0.15, 0.2) is 12.1 Å². The molecule has 0 unspecified atom stereocenters. The summed E-state index contributed by atoms with van der Waals surface area (Å²) in [4.78, 5) is 2.36. The Hall–Kier alpha value is -1.06. The molecule has 0 bridgehead atoms. The monoisotopic (exact) mass is 264 g/mol. The lowest BCUT2D eigenvalue weighted by atomic mass is 10.0. The van der Waals surface area contributed by atoms with Crippen LogP contribution in [0.25, 0.3) is 0 Å². The molecule has 0 saturated carbocycles. The van der Waals surface area contributed by atoms with Gasteiger partial charge in [-0.3, -0.25) is 0 Å². The minimum atomic E-state index is 1.02. The van der Waals surface area contributed by atoms with Crippen molar-refractivity contribution in [2.24, 2.45) is 0 Å². The molecule has 19 heavy (non-hydrogen) atoms. The van der Waals surface area contributed by atoms with Gasteiger partial charge in [-0.2, -0.15) is 0 Å². The minimum Gasteiger partial charge on any atom is -0.496 e. The Morgan fingerprint density at radius 2 is 1.84 bits per heavy atom. The zero-order chi connectivity index (χ0) is 14.3. The lowest BCUT2D eigenvalue weighted by Gasteiger charge is -2.18. The van der Waals surface area contributed by atoms with Gasteiger partial charge in [-0.05, 0) is 56.6 Å². The smallest absolute Gasteiger partial charge is 0.122 e. The van der Waals surface area contributed by atoms with E-state index < -0.39 is 0 Å². The van der Waals surface area contributed by atoms with E-state index >= 15 is 0 Å². The largest absolute Gasteiger partial charge is 0.496 e. The van der Waals surface area contributed by atoms with E-state index in [2.05, 4.69) is 50.2 Å². The quantitative estimate of drug-likeness (QED) is 0.730. The van der Waals surface area contributed by atoms with Crippen LogP contribution in [0, 0.1) is 13.8 Å². The maximum absolute atomic E-state index is 5.48. The summed E-state index contributed by atoms with van der Waals surface area (Å²) in [5, 5.41) is 3.35. The van der Waals surface area contributed by atoms with E-state index in [9.17, 15) is 0 Å². The zero-order valence-corrected chi connectivity index (χ0v) is 13.0. The van der Waals surface area contributed by atoms with Gasteiger partial charge in [-0.1, -0.05) is 13.0 Å². The zero-order valence-electron chi connectivity index (χ0n) is 13.0. The van der Waals surface area contributed by atoms with E-state index in [0.717, 1.165) is 38.3 Å². The van der Waals surface area contributed by atoms with Crippen LogP contribution in [-0.4, -0.2) is 45.2 Å². The molecule has 0 radical (unpaired) electrons. The molecule has 0 saturated heterocycles. The van der Waals surface area contributed by atoms with Crippen molar-refractivity contribution in [2.75, 3.05) is 40.3 Å². The van der Waals surface area contributed by atoms with Gasteiger partial charge in [0.05, 0.1) is 7.11 Å². The SMILES string of the molecule is CCNCCN(C)CCc1cc(C)c(C)cc1OC. The average Bonchev–Trinajstić information content (AvgIpc) is 2.40. The molecule has 1 rings (SSSR count). The molecule has 1 aromatic rings. The molecule has 108 valence electrons. The lowest BCUT2D eigenvalue weighted by Crippen LogP contribution is -2.30. The number of nitrogens with one attached hydrogen (secondary N) is 1. The fourth-order valence-electron chi connectivity index (χ4n) is 2.10. The number of rotatable bonds is 8. The predicted molar refractivity (Wildman–Crippen MR) is 82.2 cm³/mol. The maximum atomic E-state index is 5.48. The number of likely N-dealkylation sites (N-methyl/N-ethyl adjacent to an activating group) is 2. The Morgan fingerprint density at radius 1 is 1.16 bits per heavy atom. The van der Waals surface area contributed by atoms with E-state index in [4.69, 9.17) is 4.74 Å². The molecule has 0 spiro atoms. The fraction of sp³-hybridized carbons (Fsp3) is 0.625. The third-order valence-corrected chi connectivity index (χ3v) is 3.58. The Morgan fingerprint density at radius 3 is 2.47 bits per heavy atom. The molecule has 3 heteroatoms. The second-order valence-corrected chi connectivity index (χ2v) is 5.16. The van der Waals surface area contributed by atoms with Crippen molar-refractivity contribution in [3.8, 4) is 5.75 Å². The topological polar surface area (TPSA) is 24.5 Å². The number of methoxy groups -OCH3 is 1. The lowest BCUT2D eigenvalue weighted by molar-refractivity contribution is 0.333. The maximum Gasteiger partial charge on any atom is 0.122 e. The molecule has 0 aromatic heterocycles. The summed E-state index contributed by atoms with van der Waals surface area (Å²) in [6, 6.07) is 4.40. The standard InChI is InChI=1S/C16H28N2O/c1-6-17-8-10-18(4)9-7-15-11-13(2)14(3)12-16(15)19-5/h11-12,17H,6-10H2,1-5H3. The van der Waals surface area contributed by atoms with Crippen molar-refractivity contribution in [3.63, 3.8) is 0 Å². The third kappa shape index (κ3) is 5.21. The van der Waals surface area contributed by atoms with Crippen LogP contribution in [-0.2, 0) is 6.42 Å². The Balaban J connectivity index is 2.54. The van der Waals surface area contributed by atoms with Crippen molar-refractivity contribution in [3.05, 3.63) is 28.8 Å². The van der Waals surface area contributed by atoms with E-state index in [1.165, 1.54) is 16.7 Å². The number of hydrogen-bond donors (Lipinski definition) is 1. The van der Waals surface area contributed by atoms with E-state index in [0.29, 0.717) is 0 Å². The molecule has 0 atom stereocenters. The van der Waals surface area contributed by atoms with Gasteiger partial charge in [0.1, 0.15) is 5.75 Å². The Kier molecular flexibility index (Phi) is 6.89. The first-order valence-corrected chi connectivity index (χ1v) is 7.11. The second-order valence-electron chi connectivity index (χ2n) is 5.16. The van der Waals surface area contributed by atoms with Crippen LogP contribution in [0.3, 0.4) is 0 Å². The molecule has 1 N–H and O–H groups in total. The molecule has 0 aliphatic rings. The average molecular weight is 264 g/mol. The van der Waals surface area contributed by atoms with Crippen LogP contribution >= 0.6 is 0 Å². The number of nitrogens with zero attached hydrogens (tertiary/aromatic N) is 1. The second kappa shape index (κ2) is 8.18. The van der Waals surface area contributed by atoms with Crippen molar-refractivity contribution in [1.82, 2.24) is 10.2 Å². The first-order chi connectivity index (χ1) is 9.08. The number of ether oxygens (including phenoxy) is 1. The summed E-state index contributed by atoms with van der Waals surface area (Å²) in [5.41, 5.74) is 3.94. The van der Waals surface area contributed by atoms with Crippen molar-refractivity contribution < 1.29 is 4.74 Å². The summed E-state index contributed by atoms with van der Waals surface area (Å²) < 4.78 is 5.48. The fourth-order valence-corrected chi connectivity index (χ4v) is 2.10. The molecule has 1 aromatic carbocycles. The highest BCUT2D eigenvalue weighted by atomic mass is 16.5. The molecular formula is C16H28N2O. The van der Waals surface area contributed by atoms with Crippen LogP contribution in [0.2, 0.25) is 0 Å². The summed E-state index contributed by atoms with van der Waals surface area (Å²) >= 11 is 0. The van der Waals surface area contributed by atoms with Crippen LogP contribution in [0.1, 0.15) is 23.6 Å². The van der Waals surface area contributed by atoms with Gasteiger partial charge in [-0.15, -0.1) is 0 Å². The first kappa shape index (κ1) is 16.0. The summed E-state index contributed by atoms with van der Waals surface area (Å²) in [7, 11) is 3.92. The summed E-state index contributed by atoms with van der Waals surface area (Å²) in [6.07, 6.45) is 1.03. The highest BCUT2D eigenvalue weighted by molar-refractivity contribution is 5.41. The van der Waals surface area contributed by atoms with Gasteiger partial charge in [0, 0.05) is 19.6 Å². The van der Waals surface area contributed by atoms with Gasteiger partial charge in [0.2, 0.25) is 0 Å². The summed E-state index contributed by atoms with van der Waals surface area (Å²) in [5.74, 6) is 1.02. The van der Waals surface area contributed by atoms with E-state index in [1.54, 1.807) is 7.11 Å². The van der Waals surface area contributed by atoms with Crippen LogP contribution < -0.4 is 10.1 Å². The van der Waals surface area contributed by atoms with Gasteiger partial charge < -0.3 is 15.0 Å². The van der Waals surface area contributed by atoms with Crippen LogP contribution in [0.4, 0.5) is 0 Å². The predicted octanol–water partition coefficient (Wildman–Crippen LogP) is 2.40. The normalized spacial score (nSPS) is 11.1. The van der Waals surface area contributed by atoms with Gasteiger partial charge in [0.25, 0.3) is 0 Å². The molecule has 0 heterocycles. The molecule has 0 amide bonds. The molecular weight excluding hydrogens is 236 g/mol. The molecule has 0 aliphatic carbocycles. The molecule has 0 aliphatic heterocycles. The van der Waals surface area contributed by atoms with E-state index in [1.807, 2.05) is 0 Å². The highest BCUT2D eigenvalue weighted by Gasteiger charge is 2.07. The number of hydrogen-bond acceptors (Lipinski definition) is 3. The highest BCUT2D eigenvalue weighted by Crippen LogP contribution is 2.23. The van der Waals surface area contributed by atoms with Crippen molar-refractivity contribution >= 4 is 0 Å². The minimum absolute atomic E-state index is 1.02. The third-order valence-electron chi connectivity index (χ3n) is 3.58. The Labute approximate surface area is 118 Å². The number of aryl methyl sites for hydroxylation is 2. The first-order valence-electron chi connectivity index (χ1n) is 7.11. The molecule has 0 fully saturated rings. The van der Waals surface area contributed by atoms with E-state index in [-0.39, 0.29) is 0 Å². The van der Waals surface area contributed by atoms with Gasteiger partial charge >= 0.3 is 0 Å². The molecule has 3 nitrogen and oxygen atoms in total. The van der Waals surface area contributed by atoms with Crippen LogP contribution in [0.5, 0.6) is 5.75 Å². The van der Waals surface area contributed by atoms with Crippen molar-refractivity contribution in [2.45, 2.75) is 27.2 Å².